The standard InChI is InChI=1S/C14H17N7O2S/c1-14(2,3)19-24(22,23)12-7-5-4-6-11(12)16-9-10(8-15)13-17-20-21-18-13/h4-7,9,16,19H,1-3H3,(H,17,18,20,21). The molecule has 3 N–H and O–H groups in total. The van der Waals surface area contributed by atoms with Gasteiger partial charge in [0.2, 0.25) is 15.8 Å². The van der Waals surface area contributed by atoms with E-state index in [2.05, 4.69) is 30.7 Å². The van der Waals surface area contributed by atoms with Crippen molar-refractivity contribution in [2.75, 3.05) is 5.32 Å². The van der Waals surface area contributed by atoms with Crippen molar-refractivity contribution < 1.29 is 8.42 Å². The highest BCUT2D eigenvalue weighted by atomic mass is 32.2. The Morgan fingerprint density at radius 3 is 2.62 bits per heavy atom. The van der Waals surface area contributed by atoms with Gasteiger partial charge in [-0.2, -0.15) is 10.5 Å². The van der Waals surface area contributed by atoms with Crippen LogP contribution in [0.15, 0.2) is 35.4 Å². The van der Waals surface area contributed by atoms with E-state index in [1.165, 1.54) is 12.3 Å². The molecule has 126 valence electrons. The van der Waals surface area contributed by atoms with E-state index in [0.29, 0.717) is 5.69 Å². The smallest absolute Gasteiger partial charge is 0.243 e. The molecule has 2 rings (SSSR count). The Morgan fingerprint density at radius 1 is 1.33 bits per heavy atom. The van der Waals surface area contributed by atoms with Crippen molar-refractivity contribution in [1.29, 1.82) is 5.26 Å². The lowest BCUT2D eigenvalue weighted by Crippen LogP contribution is -2.40. The van der Waals surface area contributed by atoms with E-state index in [0.717, 1.165) is 0 Å². The second-order valence-corrected chi connectivity index (χ2v) is 7.55. The van der Waals surface area contributed by atoms with Gasteiger partial charge in [-0.3, -0.25) is 0 Å². The Morgan fingerprint density at radius 2 is 2.04 bits per heavy atom. The van der Waals surface area contributed by atoms with E-state index >= 15 is 0 Å². The van der Waals surface area contributed by atoms with Gasteiger partial charge in [0.05, 0.1) is 5.69 Å². The third kappa shape index (κ3) is 4.37. The Bertz CT molecular complexity index is 875. The first-order valence-corrected chi connectivity index (χ1v) is 8.45. The molecule has 0 aliphatic carbocycles. The third-order valence-electron chi connectivity index (χ3n) is 2.70. The summed E-state index contributed by atoms with van der Waals surface area (Å²) in [6, 6.07) is 8.30. The summed E-state index contributed by atoms with van der Waals surface area (Å²) >= 11 is 0. The summed E-state index contributed by atoms with van der Waals surface area (Å²) in [5, 5.41) is 25.0. The maximum absolute atomic E-state index is 12.5. The van der Waals surface area contributed by atoms with Crippen LogP contribution in [-0.4, -0.2) is 34.6 Å². The summed E-state index contributed by atoms with van der Waals surface area (Å²) in [4.78, 5) is 0.0709. The molecule has 0 spiro atoms. The Labute approximate surface area is 139 Å². The SMILES string of the molecule is CC(C)(C)NS(=O)(=O)c1ccccc1NC=C(C#N)c1nn[nH]n1. The van der Waals surface area contributed by atoms with Crippen LogP contribution in [0.3, 0.4) is 0 Å². The number of nitriles is 1. The van der Waals surface area contributed by atoms with E-state index in [9.17, 15) is 8.42 Å². The Balaban J connectivity index is 2.35. The van der Waals surface area contributed by atoms with Crippen LogP contribution >= 0.6 is 0 Å². The van der Waals surface area contributed by atoms with Crippen LogP contribution < -0.4 is 10.0 Å². The van der Waals surface area contributed by atoms with Gasteiger partial charge in [-0.15, -0.1) is 10.2 Å². The van der Waals surface area contributed by atoms with Crippen LogP contribution in [0.5, 0.6) is 0 Å². The molecule has 10 heteroatoms. The highest BCUT2D eigenvalue weighted by molar-refractivity contribution is 7.89. The number of H-pyrrole nitrogens is 1. The minimum atomic E-state index is -3.73. The zero-order valence-corrected chi connectivity index (χ0v) is 14.2. The normalized spacial score (nSPS) is 12.7. The lowest BCUT2D eigenvalue weighted by molar-refractivity contribution is 0.491. The molecule has 0 bridgehead atoms. The highest BCUT2D eigenvalue weighted by Crippen LogP contribution is 2.23. The number of hydrogen-bond donors (Lipinski definition) is 3. The van der Waals surface area contributed by atoms with Crippen LogP contribution in [-0.2, 0) is 10.0 Å². The molecular weight excluding hydrogens is 330 g/mol. The molecular formula is C14H17N7O2S. The van der Waals surface area contributed by atoms with Crippen LogP contribution in [0.25, 0.3) is 5.57 Å². The summed E-state index contributed by atoms with van der Waals surface area (Å²) in [6.07, 6.45) is 1.33. The van der Waals surface area contributed by atoms with Crippen molar-refractivity contribution in [3.63, 3.8) is 0 Å². The molecule has 2 aromatic rings. The second-order valence-electron chi connectivity index (χ2n) is 5.90. The van der Waals surface area contributed by atoms with Crippen molar-refractivity contribution >= 4 is 21.3 Å². The van der Waals surface area contributed by atoms with Crippen molar-refractivity contribution in [2.45, 2.75) is 31.2 Å². The molecule has 0 atom stereocenters. The van der Waals surface area contributed by atoms with E-state index in [-0.39, 0.29) is 16.3 Å². The van der Waals surface area contributed by atoms with Gasteiger partial charge in [0.15, 0.2) is 0 Å². The molecule has 0 aliphatic rings. The summed E-state index contributed by atoms with van der Waals surface area (Å²) in [6.45, 7) is 5.26. The number of nitrogens with one attached hydrogen (secondary N) is 3. The van der Waals surface area contributed by atoms with Crippen molar-refractivity contribution in [3.05, 3.63) is 36.3 Å². The fourth-order valence-corrected chi connectivity index (χ4v) is 3.44. The lowest BCUT2D eigenvalue weighted by Gasteiger charge is -2.21. The number of aromatic nitrogens is 4. The lowest BCUT2D eigenvalue weighted by atomic mass is 10.1. The molecule has 1 aromatic carbocycles. The van der Waals surface area contributed by atoms with Crippen LogP contribution in [0, 0.1) is 11.3 Å². The first-order valence-electron chi connectivity index (χ1n) is 6.96. The van der Waals surface area contributed by atoms with Gasteiger partial charge < -0.3 is 5.32 Å². The predicted octanol–water partition coefficient (Wildman–Crippen LogP) is 1.25. The first kappa shape index (κ1) is 17.6. The predicted molar refractivity (Wildman–Crippen MR) is 87.9 cm³/mol. The number of sulfonamides is 1. The van der Waals surface area contributed by atoms with Gasteiger partial charge in [-0.1, -0.05) is 12.1 Å². The molecule has 0 saturated carbocycles. The molecule has 0 saturated heterocycles. The minimum Gasteiger partial charge on any atom is -0.359 e. The van der Waals surface area contributed by atoms with Crippen molar-refractivity contribution in [3.8, 4) is 6.07 Å². The maximum Gasteiger partial charge on any atom is 0.243 e. The van der Waals surface area contributed by atoms with Gasteiger partial charge in [-0.05, 0) is 38.1 Å². The average Bonchev–Trinajstić information content (AvgIpc) is 3.00. The summed E-state index contributed by atoms with van der Waals surface area (Å²) in [5.41, 5.74) is -0.185. The zero-order valence-electron chi connectivity index (χ0n) is 13.4. The van der Waals surface area contributed by atoms with Gasteiger partial charge in [0.25, 0.3) is 0 Å². The number of nitrogens with zero attached hydrogens (tertiary/aromatic N) is 4. The number of tetrazole rings is 1. The van der Waals surface area contributed by atoms with Crippen molar-refractivity contribution in [2.24, 2.45) is 0 Å². The molecule has 1 aromatic heterocycles. The fourth-order valence-electron chi connectivity index (χ4n) is 1.85. The number of aromatic amines is 1. The minimum absolute atomic E-state index is 0.0709. The highest BCUT2D eigenvalue weighted by Gasteiger charge is 2.24. The summed E-state index contributed by atoms with van der Waals surface area (Å²) < 4.78 is 27.7. The number of anilines is 1. The molecule has 1 heterocycles. The van der Waals surface area contributed by atoms with Crippen molar-refractivity contribution in [1.82, 2.24) is 25.3 Å². The zero-order chi connectivity index (χ0) is 17.8. The number of para-hydroxylation sites is 1. The summed E-state index contributed by atoms with van der Waals surface area (Å²) in [7, 11) is -3.73. The van der Waals surface area contributed by atoms with E-state index in [4.69, 9.17) is 5.26 Å². The third-order valence-corrected chi connectivity index (χ3v) is 4.51. The number of hydrogen-bond acceptors (Lipinski definition) is 7. The Kier molecular flexibility index (Phi) is 4.96. The van der Waals surface area contributed by atoms with E-state index in [1.807, 2.05) is 6.07 Å². The van der Waals surface area contributed by atoms with Gasteiger partial charge in [0.1, 0.15) is 16.5 Å². The molecule has 0 unspecified atom stereocenters. The summed E-state index contributed by atoms with van der Waals surface area (Å²) in [5.74, 6) is 0.109. The van der Waals surface area contributed by atoms with Crippen LogP contribution in [0.4, 0.5) is 5.69 Å². The van der Waals surface area contributed by atoms with Gasteiger partial charge in [0, 0.05) is 11.7 Å². The number of rotatable bonds is 5. The topological polar surface area (TPSA) is 136 Å². The molecule has 0 fully saturated rings. The average molecular weight is 347 g/mol. The van der Waals surface area contributed by atoms with Gasteiger partial charge >= 0.3 is 0 Å². The molecule has 0 radical (unpaired) electrons. The Hall–Kier alpha value is -2.77. The van der Waals surface area contributed by atoms with Crippen LogP contribution in [0.2, 0.25) is 0 Å². The number of allylic oxidation sites excluding steroid dienone is 1. The second kappa shape index (κ2) is 6.77. The largest absolute Gasteiger partial charge is 0.359 e. The fraction of sp³-hybridized carbons (Fsp3) is 0.286. The maximum atomic E-state index is 12.5. The van der Waals surface area contributed by atoms with Crippen LogP contribution in [0.1, 0.15) is 26.6 Å². The molecule has 0 amide bonds. The van der Waals surface area contributed by atoms with E-state index < -0.39 is 15.6 Å². The first-order chi connectivity index (χ1) is 11.2. The molecule has 24 heavy (non-hydrogen) atoms. The molecule has 9 nitrogen and oxygen atoms in total. The monoisotopic (exact) mass is 347 g/mol. The van der Waals surface area contributed by atoms with Gasteiger partial charge in [-0.25, -0.2) is 13.1 Å². The number of benzene rings is 1. The quantitative estimate of drug-likeness (QED) is 0.692. The molecule has 0 aliphatic heterocycles. The van der Waals surface area contributed by atoms with E-state index in [1.54, 1.807) is 39.0 Å².